The lowest BCUT2D eigenvalue weighted by molar-refractivity contribution is -0.150. The number of aliphatic hydroxyl groups excluding tert-OH is 1. The Bertz CT molecular complexity index is 1340. The summed E-state index contributed by atoms with van der Waals surface area (Å²) in [5, 5.41) is 23.2. The first kappa shape index (κ1) is 26.8. The van der Waals surface area contributed by atoms with Crippen LogP contribution in [0.1, 0.15) is 39.2 Å². The molecule has 12 nitrogen and oxygen atoms in total. The summed E-state index contributed by atoms with van der Waals surface area (Å²) in [6.07, 6.45) is 0. The zero-order chi connectivity index (χ0) is 27.9. The number of rotatable bonds is 8. The zero-order valence-electron chi connectivity index (χ0n) is 21.0. The molecule has 3 N–H and O–H groups in total. The average molecular weight is 526 g/mol. The predicted molar refractivity (Wildman–Crippen MR) is 130 cm³/mol. The number of carbonyl (C=O) groups excluding carboxylic acids is 4. The van der Waals surface area contributed by atoms with Crippen LogP contribution in [0.3, 0.4) is 0 Å². The van der Waals surface area contributed by atoms with Crippen LogP contribution < -0.4 is 19.7 Å². The van der Waals surface area contributed by atoms with E-state index in [2.05, 4.69) is 5.32 Å². The van der Waals surface area contributed by atoms with E-state index in [9.17, 15) is 34.2 Å². The third-order valence-electron chi connectivity index (χ3n) is 7.10. The highest BCUT2D eigenvalue weighted by molar-refractivity contribution is 6.24. The summed E-state index contributed by atoms with van der Waals surface area (Å²) in [5.41, 5.74) is -1.77. The smallest absolute Gasteiger partial charge is 0.341 e. The van der Waals surface area contributed by atoms with Crippen LogP contribution in [-0.2, 0) is 19.1 Å². The largest absolute Gasteiger partial charge is 0.497 e. The van der Waals surface area contributed by atoms with Crippen molar-refractivity contribution in [2.75, 3.05) is 32.8 Å². The number of nitrogens with zero attached hydrogens (tertiary/aromatic N) is 1. The number of carboxylic acid groups (broad SMARTS) is 1. The lowest BCUT2D eigenvalue weighted by atomic mass is 9.79. The fourth-order valence-corrected chi connectivity index (χ4v) is 5.23. The second kappa shape index (κ2) is 9.88. The van der Waals surface area contributed by atoms with Gasteiger partial charge in [-0.2, -0.15) is 0 Å². The van der Waals surface area contributed by atoms with Gasteiger partial charge in [-0.05, 0) is 42.8 Å². The monoisotopic (exact) mass is 526 g/mol. The number of methoxy groups -OCH3 is 3. The fourth-order valence-electron chi connectivity index (χ4n) is 5.23. The van der Waals surface area contributed by atoms with Gasteiger partial charge in [-0.1, -0.05) is 0 Å². The molecule has 0 spiro atoms. The quantitative estimate of drug-likeness (QED) is 0.254. The van der Waals surface area contributed by atoms with Crippen LogP contribution in [-0.4, -0.2) is 73.2 Å². The van der Waals surface area contributed by atoms with Crippen molar-refractivity contribution in [2.24, 2.45) is 11.8 Å². The molecule has 12 heteroatoms. The van der Waals surface area contributed by atoms with Crippen LogP contribution in [0, 0.1) is 11.8 Å². The second-order valence-corrected chi connectivity index (χ2v) is 8.96. The van der Waals surface area contributed by atoms with Crippen molar-refractivity contribution in [3.05, 3.63) is 53.1 Å². The van der Waals surface area contributed by atoms with E-state index in [0.717, 1.165) is 12.0 Å². The van der Waals surface area contributed by atoms with Gasteiger partial charge in [0.1, 0.15) is 17.1 Å². The average Bonchev–Trinajstić information content (AvgIpc) is 3.41. The molecule has 4 rings (SSSR count). The van der Waals surface area contributed by atoms with Crippen molar-refractivity contribution in [1.82, 2.24) is 5.32 Å². The van der Waals surface area contributed by atoms with E-state index < -0.39 is 53.8 Å². The highest BCUT2D eigenvalue weighted by Gasteiger charge is 2.69. The molecule has 0 radical (unpaired) electrons. The lowest BCUT2D eigenvalue weighted by Gasteiger charge is -2.29. The Hall–Kier alpha value is -4.29. The number of amides is 2. The standard InChI is InChI=1S/C26H26N2O10/c1-12(30)13-5-7-14(8-6-13)28-22(31)19-20(23(28)32)26(11-29,25(34)35)27-21(19)16-9-15(36-2)10-17(37-3)18(16)24(33)38-4/h5-10,19-21,27,29H,11H2,1-4H3,(H,34,35). The topological polar surface area (TPSA) is 169 Å². The van der Waals surface area contributed by atoms with Crippen molar-refractivity contribution in [1.29, 1.82) is 0 Å². The minimum absolute atomic E-state index is 0.0369. The molecule has 2 aromatic rings. The van der Waals surface area contributed by atoms with Crippen LogP contribution >= 0.6 is 0 Å². The molecule has 0 bridgehead atoms. The van der Waals surface area contributed by atoms with Gasteiger partial charge in [0.2, 0.25) is 11.8 Å². The van der Waals surface area contributed by atoms with E-state index in [0.29, 0.717) is 5.56 Å². The summed E-state index contributed by atoms with van der Waals surface area (Å²) in [5.74, 6) is -6.80. The predicted octanol–water partition coefficient (Wildman–Crippen LogP) is 0.959. The first-order valence-electron chi connectivity index (χ1n) is 11.5. The molecule has 4 unspecified atom stereocenters. The molecule has 0 aromatic heterocycles. The summed E-state index contributed by atoms with van der Waals surface area (Å²) in [7, 11) is 3.82. The maximum atomic E-state index is 13.8. The summed E-state index contributed by atoms with van der Waals surface area (Å²) >= 11 is 0. The number of hydrogen-bond donors (Lipinski definition) is 3. The molecule has 2 aliphatic heterocycles. The number of Topliss-reactive ketones (excluding diaryl/α,β-unsaturated/α-hetero) is 1. The lowest BCUT2D eigenvalue weighted by Crippen LogP contribution is -2.58. The Kier molecular flexibility index (Phi) is 6.96. The summed E-state index contributed by atoms with van der Waals surface area (Å²) in [6.45, 7) is 0.344. The molecular weight excluding hydrogens is 500 g/mol. The number of carboxylic acids is 1. The Morgan fingerprint density at radius 3 is 2.18 bits per heavy atom. The highest BCUT2D eigenvalue weighted by atomic mass is 16.5. The highest BCUT2D eigenvalue weighted by Crippen LogP contribution is 2.51. The molecule has 0 aliphatic carbocycles. The van der Waals surface area contributed by atoms with E-state index in [4.69, 9.17) is 14.2 Å². The summed E-state index contributed by atoms with van der Waals surface area (Å²) < 4.78 is 15.6. The number of imide groups is 1. The van der Waals surface area contributed by atoms with Gasteiger partial charge >= 0.3 is 11.9 Å². The van der Waals surface area contributed by atoms with Crippen molar-refractivity contribution < 1.29 is 48.4 Å². The molecule has 4 atom stereocenters. The third kappa shape index (κ3) is 3.89. The van der Waals surface area contributed by atoms with Gasteiger partial charge in [0.05, 0.1) is 45.5 Å². The Balaban J connectivity index is 1.93. The number of benzene rings is 2. The number of anilines is 1. The van der Waals surface area contributed by atoms with Gasteiger partial charge in [0.25, 0.3) is 0 Å². The summed E-state index contributed by atoms with van der Waals surface area (Å²) in [6, 6.07) is 7.31. The van der Waals surface area contributed by atoms with Gasteiger partial charge in [0, 0.05) is 17.7 Å². The van der Waals surface area contributed by atoms with E-state index in [1.165, 1.54) is 57.5 Å². The molecule has 2 aliphatic rings. The molecule has 2 amide bonds. The number of ketones is 1. The number of ether oxygens (including phenoxy) is 3. The van der Waals surface area contributed by atoms with Crippen LogP contribution in [0.25, 0.3) is 0 Å². The van der Waals surface area contributed by atoms with E-state index in [1.54, 1.807) is 0 Å². The van der Waals surface area contributed by atoms with Crippen LogP contribution in [0.5, 0.6) is 11.5 Å². The number of carbonyl (C=O) groups is 5. The molecule has 2 saturated heterocycles. The number of esters is 1. The Labute approximate surface area is 217 Å². The molecule has 200 valence electrons. The number of nitrogens with one attached hydrogen (secondary N) is 1. The van der Waals surface area contributed by atoms with E-state index >= 15 is 0 Å². The number of fused-ring (bicyclic) bond motifs is 1. The number of aliphatic carboxylic acids is 1. The van der Waals surface area contributed by atoms with E-state index in [1.807, 2.05) is 0 Å². The SMILES string of the molecule is COC(=O)c1c(OC)cc(OC)cc1C1NC(CO)(C(=O)O)C2C(=O)N(c3ccc(C(C)=O)cc3)C(=O)C12. The van der Waals surface area contributed by atoms with Crippen molar-refractivity contribution in [3.63, 3.8) is 0 Å². The number of aliphatic hydroxyl groups is 1. The Morgan fingerprint density at radius 2 is 1.68 bits per heavy atom. The minimum Gasteiger partial charge on any atom is -0.497 e. The van der Waals surface area contributed by atoms with Crippen LogP contribution in [0.15, 0.2) is 36.4 Å². The van der Waals surface area contributed by atoms with Crippen molar-refractivity contribution in [3.8, 4) is 11.5 Å². The first-order valence-corrected chi connectivity index (χ1v) is 11.5. The van der Waals surface area contributed by atoms with Gasteiger partial charge in [-0.15, -0.1) is 0 Å². The molecule has 2 aromatic carbocycles. The van der Waals surface area contributed by atoms with Crippen molar-refractivity contribution in [2.45, 2.75) is 18.5 Å². The maximum Gasteiger partial charge on any atom is 0.341 e. The first-order chi connectivity index (χ1) is 18.1. The Morgan fingerprint density at radius 1 is 1.03 bits per heavy atom. The van der Waals surface area contributed by atoms with Gasteiger partial charge in [-0.25, -0.2) is 9.69 Å². The molecule has 2 heterocycles. The normalized spacial score (nSPS) is 24.2. The zero-order valence-corrected chi connectivity index (χ0v) is 21.0. The minimum atomic E-state index is -2.25. The molecule has 2 fully saturated rings. The molecule has 38 heavy (non-hydrogen) atoms. The van der Waals surface area contributed by atoms with Gasteiger partial charge < -0.3 is 24.4 Å². The third-order valence-corrected chi connectivity index (χ3v) is 7.10. The van der Waals surface area contributed by atoms with E-state index in [-0.39, 0.29) is 34.1 Å². The summed E-state index contributed by atoms with van der Waals surface area (Å²) in [4.78, 5) is 65.4. The van der Waals surface area contributed by atoms with Crippen LogP contribution in [0.4, 0.5) is 5.69 Å². The molecular formula is C26H26N2O10. The van der Waals surface area contributed by atoms with Gasteiger partial charge in [0.15, 0.2) is 11.3 Å². The van der Waals surface area contributed by atoms with Crippen molar-refractivity contribution >= 4 is 35.2 Å². The maximum absolute atomic E-state index is 13.8. The number of hydrogen-bond acceptors (Lipinski definition) is 10. The fraction of sp³-hybridized carbons (Fsp3) is 0.346. The van der Waals surface area contributed by atoms with Crippen LogP contribution in [0.2, 0.25) is 0 Å². The molecule has 0 saturated carbocycles. The van der Waals surface area contributed by atoms with Gasteiger partial charge in [-0.3, -0.25) is 24.5 Å². The second-order valence-electron chi connectivity index (χ2n) is 8.96.